The van der Waals surface area contributed by atoms with Crippen LogP contribution in [0.3, 0.4) is 0 Å². The van der Waals surface area contributed by atoms with E-state index in [1.165, 1.54) is 12.8 Å². The van der Waals surface area contributed by atoms with Gasteiger partial charge in [0.25, 0.3) is 0 Å². The molecule has 0 saturated heterocycles. The highest BCUT2D eigenvalue weighted by atomic mass is 16.3. The van der Waals surface area contributed by atoms with Crippen molar-refractivity contribution in [3.63, 3.8) is 0 Å². The van der Waals surface area contributed by atoms with E-state index in [0.717, 1.165) is 319 Å². The Labute approximate surface area is 821 Å². The van der Waals surface area contributed by atoms with E-state index in [0.29, 0.717) is 28.3 Å². The van der Waals surface area contributed by atoms with Gasteiger partial charge in [-0.25, -0.2) is 37.6 Å². The van der Waals surface area contributed by atoms with Crippen LogP contribution in [-0.2, 0) is 34.6 Å². The smallest absolute Gasteiger partial charge is 0.216 e. The topological polar surface area (TPSA) is 85.5 Å². The predicted octanol–water partition coefficient (Wildman–Crippen LogP) is 33.9. The number of benzene rings is 12. The Bertz CT molecular complexity index is 8640. The summed E-state index contributed by atoms with van der Waals surface area (Å²) >= 11 is 0. The second-order valence-corrected chi connectivity index (χ2v) is 38.1. The van der Waals surface area contributed by atoms with Crippen LogP contribution in [-0.4, -0.2) is 0 Å². The number of aryl methyl sites for hydroxylation is 8. The van der Waals surface area contributed by atoms with Gasteiger partial charge in [0.15, 0.2) is 47.5 Å². The highest BCUT2D eigenvalue weighted by molar-refractivity contribution is 6.19. The van der Waals surface area contributed by atoms with Crippen LogP contribution in [0.25, 0.3) is 197 Å². The van der Waals surface area contributed by atoms with Gasteiger partial charge in [-0.1, -0.05) is 295 Å². The summed E-state index contributed by atoms with van der Waals surface area (Å²) in [5, 5.41) is 8.16. The summed E-state index contributed by atoms with van der Waals surface area (Å²) in [6, 6.07) is 89.5. The maximum absolute atomic E-state index is 9.20. The summed E-state index contributed by atoms with van der Waals surface area (Å²) in [5.41, 5.74) is 32.5. The van der Waals surface area contributed by atoms with Gasteiger partial charge < -0.3 is 17.7 Å². The first kappa shape index (κ1) is 83.9. The molecular weight excluding hydrogens is 1700 g/mol. The highest BCUT2D eigenvalue weighted by Crippen LogP contribution is 2.52. The summed E-state index contributed by atoms with van der Waals surface area (Å²) < 4.78 is 80.3. The van der Waals surface area contributed by atoms with Gasteiger partial charge in [0.05, 0.1) is 48.5 Å². The van der Waals surface area contributed by atoms with E-state index in [2.05, 4.69) is 185 Å². The zero-order valence-electron chi connectivity index (χ0n) is 85.2. The van der Waals surface area contributed by atoms with E-state index in [-0.39, 0.29) is 5.92 Å². The molecule has 24 rings (SSSR count). The lowest BCUT2D eigenvalue weighted by Crippen LogP contribution is -2.32. The Balaban J connectivity index is 0.000000113. The first-order valence-corrected chi connectivity index (χ1v) is 49.1. The van der Waals surface area contributed by atoms with E-state index in [4.69, 9.17) is 49.4 Å². The molecule has 4 aliphatic rings. The number of pyridine rings is 4. The lowest BCUT2D eigenvalue weighted by molar-refractivity contribution is -0.661. The molecule has 12 heteroatoms. The summed E-state index contributed by atoms with van der Waals surface area (Å²) in [6.07, 6.45) is 25.7. The third-order valence-corrected chi connectivity index (χ3v) is 29.4. The summed E-state index contributed by atoms with van der Waals surface area (Å²) in [5.74, 6) is -1.44. The summed E-state index contributed by atoms with van der Waals surface area (Å²) in [6.45, 7) is 39.5. The molecule has 4 saturated carbocycles. The maximum Gasteiger partial charge on any atom is 0.216 e. The fourth-order valence-corrected chi connectivity index (χ4v) is 22.2. The molecule has 20 aromatic rings. The van der Waals surface area contributed by atoms with E-state index in [9.17, 15) is 1.37 Å². The van der Waals surface area contributed by atoms with Crippen LogP contribution in [0.2, 0.25) is 0 Å². The zero-order chi connectivity index (χ0) is 99.6. The third kappa shape index (κ3) is 17.1. The van der Waals surface area contributed by atoms with Gasteiger partial charge >= 0.3 is 0 Å². The van der Waals surface area contributed by atoms with Gasteiger partial charge in [0.1, 0.15) is 72.9 Å². The molecule has 8 aromatic heterocycles. The molecule has 0 radical (unpaired) electrons. The molecule has 12 nitrogen and oxygen atoms in total. The Hall–Kier alpha value is -15.6. The van der Waals surface area contributed by atoms with Crippen molar-refractivity contribution in [3.8, 4) is 89.5 Å². The number of aromatic nitrogens is 4. The molecule has 0 atom stereocenters. The van der Waals surface area contributed by atoms with Crippen LogP contribution in [0.15, 0.2) is 309 Å². The predicted molar refractivity (Wildman–Crippen MR) is 566 cm³/mol. The van der Waals surface area contributed by atoms with E-state index >= 15 is 0 Å². The number of hydrogen-bond acceptors (Lipinski definition) is 4. The van der Waals surface area contributed by atoms with Gasteiger partial charge in [-0.3, -0.25) is 0 Å². The normalized spacial score (nSPS) is 15.6. The minimum atomic E-state index is -1.37. The lowest BCUT2D eigenvalue weighted by atomic mass is 9.84. The monoisotopic (exact) mass is 1820 g/mol. The van der Waals surface area contributed by atoms with Gasteiger partial charge in [-0.15, -0.1) is 0 Å². The Morgan fingerprint density at radius 3 is 0.849 bits per heavy atom. The van der Waals surface area contributed by atoms with Gasteiger partial charge in [0, 0.05) is 120 Å². The van der Waals surface area contributed by atoms with Crippen LogP contribution in [0.5, 0.6) is 0 Å². The quantitative estimate of drug-likeness (QED) is 0.0850. The molecule has 8 heterocycles. The van der Waals surface area contributed by atoms with Gasteiger partial charge in [0.2, 0.25) is 22.8 Å². The van der Waals surface area contributed by atoms with Gasteiger partial charge in [-0.2, -0.15) is 0 Å². The number of hydrogen-bond donors (Lipinski definition) is 0. The molecule has 0 spiro atoms. The number of rotatable bonds is 13. The fraction of sp³-hybridized carbons (Fsp3) is 0.244. The minimum absolute atomic E-state index is 0.0524. The van der Waals surface area contributed by atoms with Gasteiger partial charge in [-0.05, 0) is 164 Å². The Morgan fingerprint density at radius 1 is 0.273 bits per heavy atom. The van der Waals surface area contributed by atoms with E-state index < -0.39 is 24.1 Å². The fourth-order valence-electron chi connectivity index (χ4n) is 22.2. The number of nitrogens with zero attached hydrogens (tertiary/aromatic N) is 8. The van der Waals surface area contributed by atoms with Crippen molar-refractivity contribution >= 4 is 111 Å². The van der Waals surface area contributed by atoms with Crippen molar-refractivity contribution in [1.29, 1.82) is 0 Å². The van der Waals surface area contributed by atoms with Crippen molar-refractivity contribution < 1.29 is 42.8 Å². The first-order valence-electron chi connectivity index (χ1n) is 51.6. The molecule has 4 aliphatic carbocycles. The molecule has 0 amide bonds. The van der Waals surface area contributed by atoms with Crippen LogP contribution >= 0.6 is 0 Å². The number of fused-ring (bicyclic) bond motifs is 12. The second-order valence-electron chi connectivity index (χ2n) is 38.1. The van der Waals surface area contributed by atoms with Crippen molar-refractivity contribution in [3.05, 3.63) is 382 Å². The molecule has 0 bridgehead atoms. The zero-order valence-corrected chi connectivity index (χ0v) is 80.2. The molecule has 0 aliphatic heterocycles. The second kappa shape index (κ2) is 38.9. The molecule has 0 N–H and O–H groups in total. The van der Waals surface area contributed by atoms with E-state index in [1.54, 1.807) is 0 Å². The largest absolute Gasteiger partial charge is 0.456 e. The van der Waals surface area contributed by atoms with Crippen LogP contribution in [0.4, 0.5) is 22.7 Å². The first-order chi connectivity index (χ1) is 69.9. The maximum atomic E-state index is 9.20. The Kier molecular flexibility index (Phi) is 23.5. The molecule has 4 fully saturated rings. The highest BCUT2D eigenvalue weighted by Gasteiger charge is 2.33. The molecule has 139 heavy (non-hydrogen) atoms. The molecular formula is C127H114N8O4+4. The van der Waals surface area contributed by atoms with Crippen molar-refractivity contribution in [2.45, 2.75) is 167 Å². The third-order valence-electron chi connectivity index (χ3n) is 29.4. The lowest BCUT2D eigenvalue weighted by Gasteiger charge is -2.21. The molecule has 682 valence electrons. The van der Waals surface area contributed by atoms with Crippen molar-refractivity contribution in [1.82, 2.24) is 0 Å². The SMILES string of the molecule is [2H]C([2H])(c1cc[n+](C)c(-c2c(C)ccc3c2oc2c(-c4ccccc4)c([N+]#[C-])ccc23)c1)C1CCCC1.[2H]C1(c2cc[n+](C)c(-c3c(C)ccc4c3oc3c(-c5ccccc5)c([N+]#[C-])ccc34)c2)CCCCC1.[2H]C1(c2ccc(-c3c(C)ccc4c3oc3c(-c5ccccc5)c([N+]#[C-])ccc34)[n+](C)c2)CCCC1.[2H]C1(c2ccc(-c3c(C)ccc4c3oc3c(-c5ccccc5)c([N+]#[C-])ccc34)[n+](C)c2)CCCCC1. The van der Waals surface area contributed by atoms with Crippen molar-refractivity contribution in [2.24, 2.45) is 34.1 Å². The summed E-state index contributed by atoms with van der Waals surface area (Å²) in [7, 11) is 8.19. The molecule has 12 aromatic carbocycles. The molecule has 0 unspecified atom stereocenters. The average molecular weight is 1820 g/mol. The minimum Gasteiger partial charge on any atom is -0.456 e. The van der Waals surface area contributed by atoms with Crippen LogP contribution in [0.1, 0.15) is 185 Å². The van der Waals surface area contributed by atoms with Crippen LogP contribution < -0.4 is 18.3 Å². The number of furan rings is 4. The van der Waals surface area contributed by atoms with Crippen molar-refractivity contribution in [2.75, 3.05) is 0 Å². The van der Waals surface area contributed by atoms with Crippen LogP contribution in [0, 0.1) is 59.9 Å². The average Bonchev–Trinajstić information content (AvgIpc) is 1.59. The standard InChI is InChI=1S/3C32H29N2O.C31H27N2O/c1-21-14-16-25-26-17-18-27(33-2)30(23-12-8-5-9-13-23)32(26)35-31(25)29(21)28-19-15-24(20-34(28)3)22-10-6-4-7-11-22;1-21-14-15-25-26-16-17-27(33-2)30(23-12-8-5-9-13-23)32(26)35-31(25)29(21)28-20-24(18-19-34(28)3)22-10-6-4-7-11-22;1-21-13-14-25-26-15-16-27(33-2)30(24-11-5-4-6-12-24)32(26)35-31(25)29(21)28-20-23(17-18-34(28)3)19-22-9-7-8-10-22;1-20-13-15-24-25-16-17-26(32-2)29(22-11-5-4-6-12-22)31(25)34-30(24)28(20)27-18-14-23(19-33(27)3)21-9-7-8-10-21/h2*5,8-9,12-20,22H,4,6-7,10-11H2,1,3H3;4-6,11-18,20,22H,7-10,19H2,1,3H3;4-6,11-19,21H,7-10H2,1,3H3/q4*+1/i2*22D;19D2;21D. The Morgan fingerprint density at radius 2 is 0.540 bits per heavy atom. The summed E-state index contributed by atoms with van der Waals surface area (Å²) in [4.78, 5) is 15.2. The van der Waals surface area contributed by atoms with E-state index in [1.807, 2.05) is 200 Å².